The molecule has 1 aliphatic heterocycles. The van der Waals surface area contributed by atoms with Crippen molar-refractivity contribution in [1.29, 1.82) is 0 Å². The topological polar surface area (TPSA) is 75.4 Å². The summed E-state index contributed by atoms with van der Waals surface area (Å²) in [4.78, 5) is 1.98. The molecule has 5 nitrogen and oxygen atoms in total. The zero-order chi connectivity index (χ0) is 15.3. The number of piperidine rings is 1. The van der Waals surface area contributed by atoms with Crippen LogP contribution >= 0.6 is 0 Å². The molecule has 1 fully saturated rings. The second kappa shape index (κ2) is 7.20. The van der Waals surface area contributed by atoms with E-state index in [2.05, 4.69) is 9.62 Å². The van der Waals surface area contributed by atoms with Crippen molar-refractivity contribution in [3.05, 3.63) is 24.0 Å². The first-order chi connectivity index (χ1) is 9.99. The van der Waals surface area contributed by atoms with Gasteiger partial charge in [-0.2, -0.15) is 0 Å². The summed E-state index contributed by atoms with van der Waals surface area (Å²) in [5, 5.41) is 0. The predicted octanol–water partition coefficient (Wildman–Crippen LogP) is 1.56. The van der Waals surface area contributed by atoms with Crippen molar-refractivity contribution in [2.75, 3.05) is 31.9 Å². The predicted molar refractivity (Wildman–Crippen MR) is 80.9 cm³/mol. The van der Waals surface area contributed by atoms with Crippen molar-refractivity contribution in [3.8, 4) is 0 Å². The van der Waals surface area contributed by atoms with E-state index in [-0.39, 0.29) is 10.6 Å². The van der Waals surface area contributed by atoms with Gasteiger partial charge in [-0.1, -0.05) is 6.42 Å². The maximum absolute atomic E-state index is 13.6. The van der Waals surface area contributed by atoms with Crippen LogP contribution in [0.3, 0.4) is 0 Å². The van der Waals surface area contributed by atoms with Crippen molar-refractivity contribution < 1.29 is 12.8 Å². The van der Waals surface area contributed by atoms with E-state index in [0.29, 0.717) is 6.54 Å². The van der Waals surface area contributed by atoms with E-state index in [1.807, 2.05) is 0 Å². The summed E-state index contributed by atoms with van der Waals surface area (Å²) in [7, 11) is -3.81. The Morgan fingerprint density at radius 1 is 1.24 bits per heavy atom. The minimum absolute atomic E-state index is 0.205. The Balaban J connectivity index is 1.83. The third kappa shape index (κ3) is 4.66. The van der Waals surface area contributed by atoms with Crippen molar-refractivity contribution in [1.82, 2.24) is 9.62 Å². The van der Waals surface area contributed by atoms with E-state index in [1.54, 1.807) is 0 Å². The molecule has 0 radical (unpaired) electrons. The molecule has 1 aliphatic rings. The number of halogens is 1. The van der Waals surface area contributed by atoms with Crippen LogP contribution in [0.25, 0.3) is 0 Å². The van der Waals surface area contributed by atoms with Gasteiger partial charge in [-0.15, -0.1) is 0 Å². The summed E-state index contributed by atoms with van der Waals surface area (Å²) in [6, 6.07) is 3.59. The quantitative estimate of drug-likeness (QED) is 0.617. The second-order valence-electron chi connectivity index (χ2n) is 5.34. The van der Waals surface area contributed by atoms with E-state index < -0.39 is 15.8 Å². The summed E-state index contributed by atoms with van der Waals surface area (Å²) < 4.78 is 40.1. The lowest BCUT2D eigenvalue weighted by Gasteiger charge is -2.26. The second-order valence-corrected chi connectivity index (χ2v) is 7.08. The number of anilines is 1. The largest absolute Gasteiger partial charge is 0.399 e. The normalized spacial score (nSPS) is 17.0. The van der Waals surface area contributed by atoms with Crippen molar-refractivity contribution in [3.63, 3.8) is 0 Å². The third-order valence-electron chi connectivity index (χ3n) is 3.64. The molecule has 0 bridgehead atoms. The van der Waals surface area contributed by atoms with Crippen LogP contribution in [-0.4, -0.2) is 39.5 Å². The first-order valence-electron chi connectivity index (χ1n) is 7.26. The number of hydrogen-bond acceptors (Lipinski definition) is 4. The number of nitrogens with one attached hydrogen (secondary N) is 1. The number of nitrogen functional groups attached to an aromatic ring is 1. The van der Waals surface area contributed by atoms with Crippen LogP contribution in [0.2, 0.25) is 0 Å². The molecule has 1 aromatic rings. The van der Waals surface area contributed by atoms with E-state index >= 15 is 0 Å². The highest BCUT2D eigenvalue weighted by Gasteiger charge is 2.18. The Kier molecular flexibility index (Phi) is 5.55. The molecule has 0 atom stereocenters. The molecule has 1 saturated heterocycles. The number of benzene rings is 1. The number of sulfonamides is 1. The Bertz CT molecular complexity index is 572. The molecular formula is C14H22FN3O2S. The molecule has 118 valence electrons. The van der Waals surface area contributed by atoms with Gasteiger partial charge in [-0.25, -0.2) is 17.5 Å². The summed E-state index contributed by atoms with van der Waals surface area (Å²) in [5.74, 6) is -0.821. The van der Waals surface area contributed by atoms with E-state index in [4.69, 9.17) is 5.73 Å². The number of nitrogens with zero attached hydrogens (tertiary/aromatic N) is 1. The highest BCUT2D eigenvalue weighted by Crippen LogP contribution is 2.17. The van der Waals surface area contributed by atoms with Crippen molar-refractivity contribution in [2.24, 2.45) is 0 Å². The lowest BCUT2D eigenvalue weighted by molar-refractivity contribution is 0.227. The molecule has 1 heterocycles. The van der Waals surface area contributed by atoms with Crippen LogP contribution in [0.5, 0.6) is 0 Å². The lowest BCUT2D eigenvalue weighted by Crippen LogP contribution is -2.33. The summed E-state index contributed by atoms with van der Waals surface area (Å²) in [6.45, 7) is 3.34. The van der Waals surface area contributed by atoms with Crippen molar-refractivity contribution >= 4 is 15.7 Å². The molecule has 0 aliphatic carbocycles. The summed E-state index contributed by atoms with van der Waals surface area (Å²) in [6.07, 6.45) is 4.42. The Hall–Kier alpha value is -1.18. The van der Waals surface area contributed by atoms with Gasteiger partial charge in [0.05, 0.1) is 0 Å². The van der Waals surface area contributed by atoms with Crippen LogP contribution in [0, 0.1) is 5.82 Å². The van der Waals surface area contributed by atoms with Gasteiger partial charge in [0.25, 0.3) is 0 Å². The number of hydrogen-bond donors (Lipinski definition) is 2. The fourth-order valence-corrected chi connectivity index (χ4v) is 3.64. The van der Waals surface area contributed by atoms with Gasteiger partial charge in [0.15, 0.2) is 0 Å². The molecule has 21 heavy (non-hydrogen) atoms. The van der Waals surface area contributed by atoms with Crippen LogP contribution in [0.15, 0.2) is 23.1 Å². The summed E-state index contributed by atoms with van der Waals surface area (Å²) in [5.41, 5.74) is 5.62. The van der Waals surface area contributed by atoms with Gasteiger partial charge < -0.3 is 10.6 Å². The van der Waals surface area contributed by atoms with Gasteiger partial charge in [0.1, 0.15) is 10.7 Å². The van der Waals surface area contributed by atoms with Crippen LogP contribution in [0.4, 0.5) is 10.1 Å². The van der Waals surface area contributed by atoms with Gasteiger partial charge in [0.2, 0.25) is 10.0 Å². The highest BCUT2D eigenvalue weighted by molar-refractivity contribution is 7.89. The number of likely N-dealkylation sites (tertiary alicyclic amines) is 1. The zero-order valence-corrected chi connectivity index (χ0v) is 12.8. The minimum atomic E-state index is -3.81. The summed E-state index contributed by atoms with van der Waals surface area (Å²) >= 11 is 0. The van der Waals surface area contributed by atoms with Gasteiger partial charge in [-0.3, -0.25) is 0 Å². The van der Waals surface area contributed by atoms with Gasteiger partial charge in [0, 0.05) is 12.2 Å². The Morgan fingerprint density at radius 2 is 1.95 bits per heavy atom. The molecule has 0 saturated carbocycles. The van der Waals surface area contributed by atoms with E-state index in [1.165, 1.54) is 31.4 Å². The van der Waals surface area contributed by atoms with Crippen LogP contribution in [0.1, 0.15) is 25.7 Å². The zero-order valence-electron chi connectivity index (χ0n) is 12.0. The minimum Gasteiger partial charge on any atom is -0.399 e. The first kappa shape index (κ1) is 16.2. The first-order valence-corrected chi connectivity index (χ1v) is 8.74. The molecule has 7 heteroatoms. The maximum Gasteiger partial charge on any atom is 0.243 e. The van der Waals surface area contributed by atoms with E-state index in [9.17, 15) is 12.8 Å². The van der Waals surface area contributed by atoms with E-state index in [0.717, 1.165) is 32.1 Å². The maximum atomic E-state index is 13.6. The molecule has 2 rings (SSSR count). The standard InChI is InChI=1S/C14H22FN3O2S/c15-13-11-12(16)5-6-14(13)21(19,20)17-7-4-10-18-8-2-1-3-9-18/h5-6,11,17H,1-4,7-10,16H2. The molecule has 0 unspecified atom stereocenters. The number of nitrogens with two attached hydrogens (primary N) is 1. The fraction of sp³-hybridized carbons (Fsp3) is 0.571. The van der Waals surface area contributed by atoms with Crippen molar-refractivity contribution in [2.45, 2.75) is 30.6 Å². The molecular weight excluding hydrogens is 293 g/mol. The average molecular weight is 315 g/mol. The fourth-order valence-electron chi connectivity index (χ4n) is 2.50. The monoisotopic (exact) mass is 315 g/mol. The van der Waals surface area contributed by atoms with Crippen LogP contribution < -0.4 is 10.5 Å². The Labute approximate surface area is 125 Å². The lowest BCUT2D eigenvalue weighted by atomic mass is 10.1. The van der Waals surface area contributed by atoms with Crippen LogP contribution in [-0.2, 0) is 10.0 Å². The number of rotatable bonds is 6. The molecule has 0 aromatic heterocycles. The highest BCUT2D eigenvalue weighted by atomic mass is 32.2. The molecule has 1 aromatic carbocycles. The Morgan fingerprint density at radius 3 is 2.62 bits per heavy atom. The SMILES string of the molecule is Nc1ccc(S(=O)(=O)NCCCN2CCCCC2)c(F)c1. The van der Waals surface area contributed by atoms with Gasteiger partial charge in [-0.05, 0) is 57.1 Å². The molecule has 0 amide bonds. The molecule has 0 spiro atoms. The smallest absolute Gasteiger partial charge is 0.243 e. The molecule has 3 N–H and O–H groups in total. The van der Waals surface area contributed by atoms with Gasteiger partial charge >= 0.3 is 0 Å². The third-order valence-corrected chi connectivity index (χ3v) is 5.13. The average Bonchev–Trinajstić information content (AvgIpc) is 2.44.